The van der Waals surface area contributed by atoms with Crippen molar-refractivity contribution in [3.63, 3.8) is 0 Å². The van der Waals surface area contributed by atoms with Crippen LogP contribution < -0.4 is 0 Å². The molecule has 16 heavy (non-hydrogen) atoms. The molecule has 1 rings (SSSR count). The molecular weight excluding hydrogens is 216 g/mol. The first-order valence-corrected chi connectivity index (χ1v) is 6.90. The number of hydrogen-bond acceptors (Lipinski definition) is 2. The highest BCUT2D eigenvalue weighted by Gasteiger charge is 2.27. The summed E-state index contributed by atoms with van der Waals surface area (Å²) in [6, 6.07) is 2.07. The van der Waals surface area contributed by atoms with Gasteiger partial charge in [0, 0.05) is 12.7 Å². The van der Waals surface area contributed by atoms with Crippen LogP contribution in [0.15, 0.2) is 12.3 Å². The minimum atomic E-state index is 0.324. The van der Waals surface area contributed by atoms with Gasteiger partial charge in [-0.15, -0.1) is 0 Å². The van der Waals surface area contributed by atoms with Crippen molar-refractivity contribution in [2.75, 3.05) is 5.75 Å². The third kappa shape index (κ3) is 3.55. The summed E-state index contributed by atoms with van der Waals surface area (Å²) in [6.07, 6.45) is 7.01. The van der Waals surface area contributed by atoms with Crippen LogP contribution in [0.5, 0.6) is 0 Å². The molecule has 0 amide bonds. The Kier molecular flexibility index (Phi) is 5.39. The molecule has 0 fully saturated rings. The molecule has 3 heteroatoms. The third-order valence-electron chi connectivity index (χ3n) is 3.17. The first-order valence-electron chi connectivity index (χ1n) is 6.26. The van der Waals surface area contributed by atoms with Crippen molar-refractivity contribution in [3.8, 4) is 0 Å². The van der Waals surface area contributed by atoms with Crippen LogP contribution in [0.25, 0.3) is 0 Å². The summed E-state index contributed by atoms with van der Waals surface area (Å²) in [6.45, 7) is 7.55. The van der Waals surface area contributed by atoms with Crippen molar-refractivity contribution in [2.45, 2.75) is 53.0 Å². The van der Waals surface area contributed by atoms with Crippen LogP contribution in [0.3, 0.4) is 0 Å². The molecule has 0 atom stereocenters. The molecule has 1 aromatic heterocycles. The summed E-state index contributed by atoms with van der Waals surface area (Å²) >= 11 is 4.57. The number of nitrogens with zero attached hydrogens (tertiary/aromatic N) is 2. The van der Waals surface area contributed by atoms with E-state index in [1.54, 1.807) is 0 Å². The number of aryl methyl sites for hydroxylation is 1. The molecule has 0 aliphatic rings. The summed E-state index contributed by atoms with van der Waals surface area (Å²) in [5.41, 5.74) is 1.42. The summed E-state index contributed by atoms with van der Waals surface area (Å²) in [5.74, 6) is 0.952. The SMILES string of the molecule is CCCC(CS)(CCC)Cn1ccc(C)n1. The molecule has 1 aromatic rings. The fourth-order valence-electron chi connectivity index (χ4n) is 2.45. The second-order valence-corrected chi connectivity index (χ2v) is 5.13. The lowest BCUT2D eigenvalue weighted by atomic mass is 9.81. The highest BCUT2D eigenvalue weighted by molar-refractivity contribution is 7.80. The van der Waals surface area contributed by atoms with E-state index in [0.29, 0.717) is 5.41 Å². The molecule has 0 aliphatic heterocycles. The molecule has 2 nitrogen and oxygen atoms in total. The van der Waals surface area contributed by atoms with E-state index in [2.05, 4.69) is 48.5 Å². The topological polar surface area (TPSA) is 17.8 Å². The second-order valence-electron chi connectivity index (χ2n) is 4.81. The van der Waals surface area contributed by atoms with Gasteiger partial charge in [0.25, 0.3) is 0 Å². The molecule has 1 heterocycles. The monoisotopic (exact) mass is 240 g/mol. The Morgan fingerprint density at radius 3 is 2.31 bits per heavy atom. The van der Waals surface area contributed by atoms with Crippen LogP contribution in [0.1, 0.15) is 45.2 Å². The van der Waals surface area contributed by atoms with E-state index in [-0.39, 0.29) is 0 Å². The van der Waals surface area contributed by atoms with Gasteiger partial charge >= 0.3 is 0 Å². The van der Waals surface area contributed by atoms with Gasteiger partial charge in [-0.3, -0.25) is 4.68 Å². The number of hydrogen-bond donors (Lipinski definition) is 1. The highest BCUT2D eigenvalue weighted by Crippen LogP contribution is 2.33. The Hall–Kier alpha value is -0.440. The van der Waals surface area contributed by atoms with Gasteiger partial charge in [-0.25, -0.2) is 0 Å². The zero-order valence-electron chi connectivity index (χ0n) is 10.7. The van der Waals surface area contributed by atoms with Gasteiger partial charge in [-0.2, -0.15) is 17.7 Å². The van der Waals surface area contributed by atoms with E-state index in [4.69, 9.17) is 0 Å². The van der Waals surface area contributed by atoms with E-state index >= 15 is 0 Å². The average Bonchev–Trinajstić information content (AvgIpc) is 2.64. The number of thiol groups is 1. The maximum absolute atomic E-state index is 4.57. The van der Waals surface area contributed by atoms with Gasteiger partial charge in [0.05, 0.1) is 5.69 Å². The molecule has 0 saturated carbocycles. The molecule has 0 bridgehead atoms. The Labute approximate surface area is 105 Å². The van der Waals surface area contributed by atoms with Gasteiger partial charge in [0.1, 0.15) is 0 Å². The van der Waals surface area contributed by atoms with Crippen molar-refractivity contribution >= 4 is 12.6 Å². The van der Waals surface area contributed by atoms with Crippen molar-refractivity contribution in [1.29, 1.82) is 0 Å². The molecule has 0 N–H and O–H groups in total. The molecule has 0 saturated heterocycles. The van der Waals surface area contributed by atoms with Crippen molar-refractivity contribution in [3.05, 3.63) is 18.0 Å². The maximum Gasteiger partial charge on any atom is 0.0593 e. The molecule has 0 aromatic carbocycles. The van der Waals surface area contributed by atoms with Crippen LogP contribution in [0.4, 0.5) is 0 Å². The van der Waals surface area contributed by atoms with E-state index in [1.165, 1.54) is 25.7 Å². The predicted molar refractivity (Wildman–Crippen MR) is 73.1 cm³/mol. The zero-order chi connectivity index (χ0) is 12.0. The Morgan fingerprint density at radius 1 is 1.31 bits per heavy atom. The number of aromatic nitrogens is 2. The van der Waals surface area contributed by atoms with E-state index in [9.17, 15) is 0 Å². The number of rotatable bonds is 7. The lowest BCUT2D eigenvalue weighted by molar-refractivity contribution is 0.221. The predicted octanol–water partition coefficient (Wildman–Crippen LogP) is 3.71. The largest absolute Gasteiger partial charge is 0.272 e. The third-order valence-corrected chi connectivity index (χ3v) is 3.84. The summed E-state index contributed by atoms with van der Waals surface area (Å²) in [5, 5.41) is 4.49. The molecule has 0 spiro atoms. The van der Waals surface area contributed by atoms with Gasteiger partial charge in [0.2, 0.25) is 0 Å². The van der Waals surface area contributed by atoms with Gasteiger partial charge in [0.15, 0.2) is 0 Å². The van der Waals surface area contributed by atoms with Crippen LogP contribution in [0.2, 0.25) is 0 Å². The van der Waals surface area contributed by atoms with Gasteiger partial charge in [-0.05, 0) is 37.0 Å². The smallest absolute Gasteiger partial charge is 0.0593 e. The van der Waals surface area contributed by atoms with Crippen LogP contribution in [-0.2, 0) is 6.54 Å². The molecule has 92 valence electrons. The maximum atomic E-state index is 4.57. The van der Waals surface area contributed by atoms with Crippen LogP contribution in [0, 0.1) is 12.3 Å². The lowest BCUT2D eigenvalue weighted by Gasteiger charge is -2.31. The van der Waals surface area contributed by atoms with Crippen molar-refractivity contribution in [1.82, 2.24) is 9.78 Å². The highest BCUT2D eigenvalue weighted by atomic mass is 32.1. The summed E-state index contributed by atoms with van der Waals surface area (Å²) in [7, 11) is 0. The quantitative estimate of drug-likeness (QED) is 0.719. The van der Waals surface area contributed by atoms with E-state index in [0.717, 1.165) is 18.0 Å². The first kappa shape index (κ1) is 13.6. The fraction of sp³-hybridized carbons (Fsp3) is 0.769. The first-order chi connectivity index (χ1) is 7.65. The van der Waals surface area contributed by atoms with Crippen LogP contribution in [-0.4, -0.2) is 15.5 Å². The summed E-state index contributed by atoms with van der Waals surface area (Å²) < 4.78 is 2.08. The van der Waals surface area contributed by atoms with Crippen molar-refractivity contribution < 1.29 is 0 Å². The van der Waals surface area contributed by atoms with Gasteiger partial charge < -0.3 is 0 Å². The molecular formula is C13H24N2S. The molecule has 0 aliphatic carbocycles. The minimum absolute atomic E-state index is 0.324. The summed E-state index contributed by atoms with van der Waals surface area (Å²) in [4.78, 5) is 0. The molecule has 0 unspecified atom stereocenters. The van der Waals surface area contributed by atoms with E-state index in [1.807, 2.05) is 6.92 Å². The Morgan fingerprint density at radius 2 is 1.94 bits per heavy atom. The standard InChI is InChI=1S/C13H24N2S/c1-4-7-13(11-16,8-5-2)10-15-9-6-12(3)14-15/h6,9,16H,4-5,7-8,10-11H2,1-3H3. The van der Waals surface area contributed by atoms with Crippen molar-refractivity contribution in [2.24, 2.45) is 5.41 Å². The lowest BCUT2D eigenvalue weighted by Crippen LogP contribution is -2.29. The van der Waals surface area contributed by atoms with E-state index < -0.39 is 0 Å². The normalized spacial score (nSPS) is 12.0. The zero-order valence-corrected chi connectivity index (χ0v) is 11.6. The van der Waals surface area contributed by atoms with Gasteiger partial charge in [-0.1, -0.05) is 26.7 Å². The fourth-order valence-corrected chi connectivity index (χ4v) is 2.86. The second kappa shape index (κ2) is 6.33. The molecule has 0 radical (unpaired) electrons. The Balaban J connectivity index is 2.75. The van der Waals surface area contributed by atoms with Crippen LogP contribution >= 0.6 is 12.6 Å². The average molecular weight is 240 g/mol. The minimum Gasteiger partial charge on any atom is -0.272 e. The Bertz CT molecular complexity index is 301.